The first-order chi connectivity index (χ1) is 9.22. The smallest absolute Gasteiger partial charge is 0.122 e. The summed E-state index contributed by atoms with van der Waals surface area (Å²) in [7, 11) is 0. The first-order valence-corrected chi connectivity index (χ1v) is 7.32. The van der Waals surface area contributed by atoms with Gasteiger partial charge in [0.2, 0.25) is 0 Å². The highest BCUT2D eigenvalue weighted by atomic mass is 16.5. The number of allylic oxidation sites excluding steroid dienone is 1. The molecule has 0 saturated heterocycles. The molecule has 1 aromatic carbocycles. The zero-order chi connectivity index (χ0) is 13.7. The largest absolute Gasteiger partial charge is 0.493 e. The standard InChI is InChI=1S/C17H25NO/c1-4-18-16(10-9-13(2)3)14-11-12-19-17-8-6-5-7-15(14)17/h5-8,14,16,18H,2,4,9-12H2,1,3H3. The second kappa shape index (κ2) is 6.76. The van der Waals surface area contributed by atoms with E-state index in [0.717, 1.165) is 38.2 Å². The third-order valence-corrected chi connectivity index (χ3v) is 3.84. The van der Waals surface area contributed by atoms with Gasteiger partial charge in [-0.3, -0.25) is 0 Å². The van der Waals surface area contributed by atoms with Crippen LogP contribution < -0.4 is 10.1 Å². The number of hydrogen-bond acceptors (Lipinski definition) is 2. The Balaban J connectivity index is 2.15. The van der Waals surface area contributed by atoms with Crippen molar-refractivity contribution in [2.24, 2.45) is 0 Å². The van der Waals surface area contributed by atoms with E-state index in [1.807, 2.05) is 0 Å². The Hall–Kier alpha value is -1.28. The summed E-state index contributed by atoms with van der Waals surface area (Å²) in [5.41, 5.74) is 2.63. The van der Waals surface area contributed by atoms with Gasteiger partial charge in [-0.05, 0) is 44.4 Å². The molecule has 2 rings (SSSR count). The Labute approximate surface area is 116 Å². The monoisotopic (exact) mass is 259 g/mol. The van der Waals surface area contributed by atoms with Crippen molar-refractivity contribution in [3.05, 3.63) is 42.0 Å². The van der Waals surface area contributed by atoms with Crippen LogP contribution in [0.2, 0.25) is 0 Å². The molecule has 2 heteroatoms. The van der Waals surface area contributed by atoms with Crippen molar-refractivity contribution in [2.45, 2.75) is 45.1 Å². The highest BCUT2D eigenvalue weighted by molar-refractivity contribution is 5.38. The molecule has 0 aromatic heterocycles. The molecule has 1 aromatic rings. The van der Waals surface area contributed by atoms with Gasteiger partial charge in [-0.25, -0.2) is 0 Å². The average molecular weight is 259 g/mol. The molecule has 0 radical (unpaired) electrons. The molecule has 1 N–H and O–H groups in total. The Morgan fingerprint density at radius 3 is 3.00 bits per heavy atom. The van der Waals surface area contributed by atoms with Gasteiger partial charge >= 0.3 is 0 Å². The maximum Gasteiger partial charge on any atom is 0.122 e. The van der Waals surface area contributed by atoms with Crippen LogP contribution in [0.15, 0.2) is 36.4 Å². The number of ether oxygens (including phenoxy) is 1. The van der Waals surface area contributed by atoms with Crippen molar-refractivity contribution in [1.82, 2.24) is 5.32 Å². The van der Waals surface area contributed by atoms with Gasteiger partial charge in [0.05, 0.1) is 6.61 Å². The Kier molecular flexibility index (Phi) is 5.03. The fraction of sp³-hybridized carbons (Fsp3) is 0.529. The molecule has 0 amide bonds. The van der Waals surface area contributed by atoms with Crippen LogP contribution in [-0.4, -0.2) is 19.2 Å². The molecular formula is C17H25NO. The van der Waals surface area contributed by atoms with Gasteiger partial charge in [0, 0.05) is 12.0 Å². The maximum absolute atomic E-state index is 5.76. The zero-order valence-electron chi connectivity index (χ0n) is 12.1. The van der Waals surface area contributed by atoms with Crippen LogP contribution >= 0.6 is 0 Å². The lowest BCUT2D eigenvalue weighted by atomic mass is 9.84. The summed E-state index contributed by atoms with van der Waals surface area (Å²) in [6.45, 7) is 10.2. The number of nitrogens with one attached hydrogen (secondary N) is 1. The summed E-state index contributed by atoms with van der Waals surface area (Å²) in [5, 5.41) is 3.65. The van der Waals surface area contributed by atoms with Crippen molar-refractivity contribution in [1.29, 1.82) is 0 Å². The lowest BCUT2D eigenvalue weighted by Gasteiger charge is -2.33. The van der Waals surface area contributed by atoms with Gasteiger partial charge in [-0.2, -0.15) is 0 Å². The molecule has 1 aliphatic heterocycles. The third kappa shape index (κ3) is 3.60. The first kappa shape index (κ1) is 14.1. The SMILES string of the molecule is C=C(C)CCC(NCC)C1CCOc2ccccc21. The van der Waals surface area contributed by atoms with E-state index in [2.05, 4.69) is 50.0 Å². The minimum absolute atomic E-state index is 0.520. The summed E-state index contributed by atoms with van der Waals surface area (Å²) in [4.78, 5) is 0. The van der Waals surface area contributed by atoms with E-state index in [4.69, 9.17) is 4.74 Å². The van der Waals surface area contributed by atoms with Gasteiger partial charge in [-0.1, -0.05) is 30.7 Å². The Bertz CT molecular complexity index is 427. The van der Waals surface area contributed by atoms with E-state index >= 15 is 0 Å². The molecule has 0 saturated carbocycles. The van der Waals surface area contributed by atoms with E-state index < -0.39 is 0 Å². The second-order valence-corrected chi connectivity index (χ2v) is 5.44. The number of para-hydroxylation sites is 1. The van der Waals surface area contributed by atoms with Crippen LogP contribution in [0.4, 0.5) is 0 Å². The van der Waals surface area contributed by atoms with Crippen molar-refractivity contribution in [3.8, 4) is 5.75 Å². The fourth-order valence-corrected chi connectivity index (χ4v) is 2.90. The molecule has 104 valence electrons. The summed E-state index contributed by atoms with van der Waals surface area (Å²) >= 11 is 0. The first-order valence-electron chi connectivity index (χ1n) is 7.32. The topological polar surface area (TPSA) is 21.3 Å². The number of benzene rings is 1. The van der Waals surface area contributed by atoms with E-state index in [1.54, 1.807) is 0 Å². The molecule has 2 atom stereocenters. The van der Waals surface area contributed by atoms with Gasteiger partial charge in [-0.15, -0.1) is 6.58 Å². The maximum atomic E-state index is 5.76. The van der Waals surface area contributed by atoms with Crippen LogP contribution in [0.25, 0.3) is 0 Å². The fourth-order valence-electron chi connectivity index (χ4n) is 2.90. The minimum Gasteiger partial charge on any atom is -0.493 e. The Morgan fingerprint density at radius 1 is 1.47 bits per heavy atom. The molecule has 1 aliphatic rings. The summed E-state index contributed by atoms with van der Waals surface area (Å²) in [5.74, 6) is 1.63. The van der Waals surface area contributed by atoms with Crippen molar-refractivity contribution in [3.63, 3.8) is 0 Å². The Morgan fingerprint density at radius 2 is 2.26 bits per heavy atom. The van der Waals surface area contributed by atoms with E-state index in [9.17, 15) is 0 Å². The highest BCUT2D eigenvalue weighted by Gasteiger charge is 2.27. The predicted molar refractivity (Wildman–Crippen MR) is 80.8 cm³/mol. The van der Waals surface area contributed by atoms with Crippen molar-refractivity contribution >= 4 is 0 Å². The van der Waals surface area contributed by atoms with E-state index in [1.165, 1.54) is 11.1 Å². The summed E-state index contributed by atoms with van der Waals surface area (Å²) in [6.07, 6.45) is 3.35. The molecule has 1 heterocycles. The molecule has 0 fully saturated rings. The predicted octanol–water partition coefficient (Wildman–Crippen LogP) is 3.89. The molecule has 2 unspecified atom stereocenters. The third-order valence-electron chi connectivity index (χ3n) is 3.84. The lowest BCUT2D eigenvalue weighted by molar-refractivity contribution is 0.242. The number of fused-ring (bicyclic) bond motifs is 1. The van der Waals surface area contributed by atoms with Crippen LogP contribution in [0.5, 0.6) is 5.75 Å². The van der Waals surface area contributed by atoms with Gasteiger partial charge in [0.25, 0.3) is 0 Å². The minimum atomic E-state index is 0.520. The number of rotatable bonds is 6. The number of hydrogen-bond donors (Lipinski definition) is 1. The summed E-state index contributed by atoms with van der Waals surface area (Å²) in [6, 6.07) is 8.99. The quantitative estimate of drug-likeness (QED) is 0.783. The molecule has 0 bridgehead atoms. The van der Waals surface area contributed by atoms with Crippen molar-refractivity contribution in [2.75, 3.05) is 13.2 Å². The van der Waals surface area contributed by atoms with Crippen LogP contribution in [0, 0.1) is 0 Å². The normalized spacial score (nSPS) is 19.4. The molecule has 0 spiro atoms. The average Bonchev–Trinajstić information content (AvgIpc) is 2.43. The molecule has 0 aliphatic carbocycles. The van der Waals surface area contributed by atoms with Crippen molar-refractivity contribution < 1.29 is 4.74 Å². The summed E-state index contributed by atoms with van der Waals surface area (Å²) < 4.78 is 5.76. The van der Waals surface area contributed by atoms with Gasteiger partial charge in [0.1, 0.15) is 5.75 Å². The van der Waals surface area contributed by atoms with Gasteiger partial charge < -0.3 is 10.1 Å². The lowest BCUT2D eigenvalue weighted by Crippen LogP contribution is -2.37. The number of likely N-dealkylation sites (N-methyl/N-ethyl adjacent to an activating group) is 1. The molecular weight excluding hydrogens is 234 g/mol. The van der Waals surface area contributed by atoms with Crippen LogP contribution in [0.1, 0.15) is 44.6 Å². The second-order valence-electron chi connectivity index (χ2n) is 5.44. The van der Waals surface area contributed by atoms with E-state index in [-0.39, 0.29) is 0 Å². The van der Waals surface area contributed by atoms with E-state index in [0.29, 0.717) is 12.0 Å². The van der Waals surface area contributed by atoms with Crippen LogP contribution in [0.3, 0.4) is 0 Å². The zero-order valence-corrected chi connectivity index (χ0v) is 12.1. The highest BCUT2D eigenvalue weighted by Crippen LogP contribution is 2.36. The van der Waals surface area contributed by atoms with Gasteiger partial charge in [0.15, 0.2) is 0 Å². The van der Waals surface area contributed by atoms with Crippen LogP contribution in [-0.2, 0) is 0 Å². The molecule has 19 heavy (non-hydrogen) atoms. The molecule has 2 nitrogen and oxygen atoms in total.